The van der Waals surface area contributed by atoms with Crippen LogP contribution in [0.3, 0.4) is 0 Å². The predicted molar refractivity (Wildman–Crippen MR) is 95.0 cm³/mol. The van der Waals surface area contributed by atoms with E-state index >= 15 is 0 Å². The lowest BCUT2D eigenvalue weighted by atomic mass is 10.3. The number of pyridine rings is 2. The molecule has 4 aromatic heterocycles. The fourth-order valence-electron chi connectivity index (χ4n) is 2.55. The van der Waals surface area contributed by atoms with Crippen molar-refractivity contribution in [1.82, 2.24) is 24.6 Å². The maximum atomic E-state index is 5.19. The third-order valence-electron chi connectivity index (χ3n) is 3.71. The van der Waals surface area contributed by atoms with Crippen LogP contribution in [0, 0.1) is 6.92 Å². The SMILES string of the molecule is COc1cccc(-c2nc(Nc3ccnc(C)c3)c3cccn3n2)n1. The Balaban J connectivity index is 1.82. The third-order valence-corrected chi connectivity index (χ3v) is 3.71. The van der Waals surface area contributed by atoms with Crippen LogP contribution in [0.2, 0.25) is 0 Å². The van der Waals surface area contributed by atoms with Crippen LogP contribution in [0.1, 0.15) is 5.69 Å². The molecule has 7 heteroatoms. The van der Waals surface area contributed by atoms with Gasteiger partial charge in [0.05, 0.1) is 7.11 Å². The third kappa shape index (κ3) is 2.99. The Morgan fingerprint density at radius 1 is 1.08 bits per heavy atom. The lowest BCUT2D eigenvalue weighted by molar-refractivity contribution is 0.398. The van der Waals surface area contributed by atoms with Crippen LogP contribution in [-0.4, -0.2) is 31.7 Å². The Morgan fingerprint density at radius 2 is 2.00 bits per heavy atom. The van der Waals surface area contributed by atoms with Crippen molar-refractivity contribution >= 4 is 17.0 Å². The van der Waals surface area contributed by atoms with E-state index in [1.807, 2.05) is 49.5 Å². The molecule has 0 saturated heterocycles. The average Bonchev–Trinajstić information content (AvgIpc) is 3.11. The zero-order chi connectivity index (χ0) is 17.2. The van der Waals surface area contributed by atoms with E-state index in [9.17, 15) is 0 Å². The van der Waals surface area contributed by atoms with E-state index in [1.54, 1.807) is 23.9 Å². The fourth-order valence-corrected chi connectivity index (χ4v) is 2.55. The van der Waals surface area contributed by atoms with Gasteiger partial charge in [-0.05, 0) is 37.3 Å². The van der Waals surface area contributed by atoms with Gasteiger partial charge in [0, 0.05) is 29.8 Å². The number of aryl methyl sites for hydroxylation is 1. The smallest absolute Gasteiger partial charge is 0.213 e. The normalized spacial score (nSPS) is 10.8. The summed E-state index contributed by atoms with van der Waals surface area (Å²) in [4.78, 5) is 13.3. The van der Waals surface area contributed by atoms with Crippen molar-refractivity contribution in [3.05, 3.63) is 60.6 Å². The topological polar surface area (TPSA) is 77.2 Å². The number of fused-ring (bicyclic) bond motifs is 1. The number of anilines is 2. The standard InChI is InChI=1S/C18H16N6O/c1-12-11-13(8-9-19-12)20-18-15-6-4-10-24(15)23-17(22-18)14-5-3-7-16(21-14)25-2/h3-11H,1-2H3,(H,19,20,22,23). The predicted octanol–water partition coefficient (Wildman–Crippen LogP) is 3.25. The summed E-state index contributed by atoms with van der Waals surface area (Å²) < 4.78 is 6.97. The molecule has 4 heterocycles. The summed E-state index contributed by atoms with van der Waals surface area (Å²) >= 11 is 0. The number of rotatable bonds is 4. The summed E-state index contributed by atoms with van der Waals surface area (Å²) in [5.74, 6) is 1.73. The monoisotopic (exact) mass is 332 g/mol. The summed E-state index contributed by atoms with van der Waals surface area (Å²) in [6.07, 6.45) is 3.64. The first-order chi connectivity index (χ1) is 12.2. The summed E-state index contributed by atoms with van der Waals surface area (Å²) in [5.41, 5.74) is 3.36. The molecule has 0 aromatic carbocycles. The zero-order valence-corrected chi connectivity index (χ0v) is 13.8. The van der Waals surface area contributed by atoms with E-state index in [1.165, 1.54) is 0 Å². The molecule has 4 aromatic rings. The Hall–Kier alpha value is -3.48. The van der Waals surface area contributed by atoms with Gasteiger partial charge in [-0.25, -0.2) is 14.5 Å². The molecule has 1 N–H and O–H groups in total. The first-order valence-electron chi connectivity index (χ1n) is 7.79. The highest BCUT2D eigenvalue weighted by Crippen LogP contribution is 2.24. The number of nitrogens with zero attached hydrogens (tertiary/aromatic N) is 5. The molecule has 0 unspecified atom stereocenters. The van der Waals surface area contributed by atoms with E-state index in [-0.39, 0.29) is 0 Å². The second-order valence-corrected chi connectivity index (χ2v) is 5.50. The van der Waals surface area contributed by atoms with Crippen LogP contribution in [0.25, 0.3) is 17.0 Å². The van der Waals surface area contributed by atoms with Gasteiger partial charge in [-0.2, -0.15) is 0 Å². The lowest BCUT2D eigenvalue weighted by Gasteiger charge is -2.10. The zero-order valence-electron chi connectivity index (χ0n) is 13.8. The minimum absolute atomic E-state index is 0.510. The molecule has 0 atom stereocenters. The average molecular weight is 332 g/mol. The van der Waals surface area contributed by atoms with Gasteiger partial charge >= 0.3 is 0 Å². The molecular weight excluding hydrogens is 316 g/mol. The van der Waals surface area contributed by atoms with Crippen molar-refractivity contribution in [2.75, 3.05) is 12.4 Å². The molecule has 0 aliphatic heterocycles. The number of methoxy groups -OCH3 is 1. The Bertz CT molecular complexity index is 1040. The van der Waals surface area contributed by atoms with E-state index in [0.29, 0.717) is 23.2 Å². The molecule has 0 aliphatic carbocycles. The van der Waals surface area contributed by atoms with Crippen molar-refractivity contribution < 1.29 is 4.74 Å². The van der Waals surface area contributed by atoms with Gasteiger partial charge in [-0.3, -0.25) is 4.98 Å². The maximum absolute atomic E-state index is 5.19. The molecule has 0 aliphatic rings. The molecule has 4 rings (SSSR count). The molecule has 0 fully saturated rings. The minimum atomic E-state index is 0.510. The number of hydrogen-bond donors (Lipinski definition) is 1. The maximum Gasteiger partial charge on any atom is 0.213 e. The number of ether oxygens (including phenoxy) is 1. The van der Waals surface area contributed by atoms with E-state index in [0.717, 1.165) is 16.9 Å². The highest BCUT2D eigenvalue weighted by molar-refractivity contribution is 5.74. The minimum Gasteiger partial charge on any atom is -0.481 e. The van der Waals surface area contributed by atoms with Crippen LogP contribution in [-0.2, 0) is 0 Å². The number of aromatic nitrogens is 5. The Labute approximate surface area is 144 Å². The quantitative estimate of drug-likeness (QED) is 0.618. The van der Waals surface area contributed by atoms with Gasteiger partial charge in [-0.1, -0.05) is 6.07 Å². The molecule has 0 amide bonds. The highest BCUT2D eigenvalue weighted by Gasteiger charge is 2.11. The first kappa shape index (κ1) is 15.1. The van der Waals surface area contributed by atoms with Crippen LogP contribution in [0.4, 0.5) is 11.5 Å². The summed E-state index contributed by atoms with van der Waals surface area (Å²) in [7, 11) is 1.58. The lowest BCUT2D eigenvalue weighted by Crippen LogP contribution is -2.04. The van der Waals surface area contributed by atoms with Crippen LogP contribution in [0.15, 0.2) is 54.9 Å². The van der Waals surface area contributed by atoms with Gasteiger partial charge in [0.25, 0.3) is 0 Å². The van der Waals surface area contributed by atoms with Gasteiger partial charge in [0.15, 0.2) is 5.82 Å². The van der Waals surface area contributed by atoms with Crippen LogP contribution in [0.5, 0.6) is 5.88 Å². The van der Waals surface area contributed by atoms with Crippen molar-refractivity contribution in [3.8, 4) is 17.4 Å². The van der Waals surface area contributed by atoms with Gasteiger partial charge in [-0.15, -0.1) is 5.10 Å². The molecule has 25 heavy (non-hydrogen) atoms. The number of nitrogens with one attached hydrogen (secondary N) is 1. The molecular formula is C18H16N6O. The van der Waals surface area contributed by atoms with Gasteiger partial charge in [0.2, 0.25) is 11.7 Å². The second kappa shape index (κ2) is 6.20. The molecule has 0 saturated carbocycles. The van der Waals surface area contributed by atoms with Gasteiger partial charge < -0.3 is 10.1 Å². The molecule has 124 valence electrons. The summed E-state index contributed by atoms with van der Waals surface area (Å²) in [5, 5.41) is 7.88. The van der Waals surface area contributed by atoms with Crippen LogP contribution >= 0.6 is 0 Å². The molecule has 0 radical (unpaired) electrons. The van der Waals surface area contributed by atoms with E-state index in [4.69, 9.17) is 4.74 Å². The largest absolute Gasteiger partial charge is 0.481 e. The molecule has 0 bridgehead atoms. The molecule has 7 nitrogen and oxygen atoms in total. The van der Waals surface area contributed by atoms with Crippen molar-refractivity contribution in [3.63, 3.8) is 0 Å². The Kier molecular flexibility index (Phi) is 3.74. The van der Waals surface area contributed by atoms with Crippen LogP contribution < -0.4 is 10.1 Å². The summed E-state index contributed by atoms with van der Waals surface area (Å²) in [6.45, 7) is 1.95. The van der Waals surface area contributed by atoms with Crippen molar-refractivity contribution in [1.29, 1.82) is 0 Å². The van der Waals surface area contributed by atoms with E-state index < -0.39 is 0 Å². The summed E-state index contributed by atoms with van der Waals surface area (Å²) in [6, 6.07) is 13.3. The molecule has 0 spiro atoms. The van der Waals surface area contributed by atoms with E-state index in [2.05, 4.69) is 25.4 Å². The fraction of sp³-hybridized carbons (Fsp3) is 0.111. The van der Waals surface area contributed by atoms with Crippen molar-refractivity contribution in [2.24, 2.45) is 0 Å². The number of hydrogen-bond acceptors (Lipinski definition) is 6. The highest BCUT2D eigenvalue weighted by atomic mass is 16.5. The first-order valence-corrected chi connectivity index (χ1v) is 7.79. The Morgan fingerprint density at radius 3 is 2.84 bits per heavy atom. The second-order valence-electron chi connectivity index (χ2n) is 5.50. The van der Waals surface area contributed by atoms with Gasteiger partial charge in [0.1, 0.15) is 11.2 Å². The van der Waals surface area contributed by atoms with Crippen molar-refractivity contribution in [2.45, 2.75) is 6.92 Å².